The zero-order valence-corrected chi connectivity index (χ0v) is 13.6. The van der Waals surface area contributed by atoms with Gasteiger partial charge in [0.25, 0.3) is 0 Å². The molecule has 0 spiro atoms. The van der Waals surface area contributed by atoms with Gasteiger partial charge in [-0.15, -0.1) is 0 Å². The summed E-state index contributed by atoms with van der Waals surface area (Å²) >= 11 is 2.24. The van der Waals surface area contributed by atoms with Crippen LogP contribution < -0.4 is 20.5 Å². The van der Waals surface area contributed by atoms with Crippen LogP contribution in [0.4, 0.5) is 11.4 Å². The van der Waals surface area contributed by atoms with Crippen LogP contribution in [-0.2, 0) is 6.54 Å². The fourth-order valence-corrected chi connectivity index (χ4v) is 2.40. The van der Waals surface area contributed by atoms with Crippen molar-refractivity contribution in [2.24, 2.45) is 0 Å². The molecule has 0 aliphatic carbocycles. The molecule has 0 heterocycles. The van der Waals surface area contributed by atoms with Gasteiger partial charge < -0.3 is 20.5 Å². The Morgan fingerprint density at radius 3 is 2.55 bits per heavy atom. The highest BCUT2D eigenvalue weighted by Crippen LogP contribution is 2.27. The number of hydrogen-bond acceptors (Lipinski definition) is 4. The SMILES string of the molecule is COc1ccc(CNc2ccc(I)cc2N)c(OC)c1. The van der Waals surface area contributed by atoms with Crippen molar-refractivity contribution >= 4 is 34.0 Å². The van der Waals surface area contributed by atoms with Gasteiger partial charge in [-0.2, -0.15) is 0 Å². The van der Waals surface area contributed by atoms with Gasteiger partial charge in [-0.25, -0.2) is 0 Å². The number of nitrogens with one attached hydrogen (secondary N) is 1. The first-order valence-corrected chi connectivity index (χ1v) is 7.21. The Bertz CT molecular complexity index is 602. The van der Waals surface area contributed by atoms with E-state index in [9.17, 15) is 0 Å². The zero-order chi connectivity index (χ0) is 14.5. The summed E-state index contributed by atoms with van der Waals surface area (Å²) in [6.07, 6.45) is 0. The van der Waals surface area contributed by atoms with Crippen LogP contribution in [0.3, 0.4) is 0 Å². The summed E-state index contributed by atoms with van der Waals surface area (Å²) in [6.45, 7) is 0.637. The summed E-state index contributed by atoms with van der Waals surface area (Å²) in [4.78, 5) is 0. The predicted octanol–water partition coefficient (Wildman–Crippen LogP) is 3.50. The second-order valence-electron chi connectivity index (χ2n) is 4.26. The second kappa shape index (κ2) is 6.69. The van der Waals surface area contributed by atoms with Gasteiger partial charge in [-0.1, -0.05) is 0 Å². The quantitative estimate of drug-likeness (QED) is 0.612. The highest BCUT2D eigenvalue weighted by Gasteiger charge is 2.06. The smallest absolute Gasteiger partial charge is 0.127 e. The molecule has 0 unspecified atom stereocenters. The van der Waals surface area contributed by atoms with Crippen molar-refractivity contribution in [2.75, 3.05) is 25.3 Å². The van der Waals surface area contributed by atoms with Crippen LogP contribution in [-0.4, -0.2) is 14.2 Å². The maximum absolute atomic E-state index is 5.98. The molecule has 0 saturated carbocycles. The summed E-state index contributed by atoms with van der Waals surface area (Å²) in [6, 6.07) is 11.7. The second-order valence-corrected chi connectivity index (χ2v) is 5.51. The monoisotopic (exact) mass is 384 g/mol. The summed E-state index contributed by atoms with van der Waals surface area (Å²) in [5.74, 6) is 1.57. The standard InChI is InChI=1S/C15H17IN2O2/c1-19-12-5-3-10(15(8-12)20-2)9-18-14-6-4-11(16)7-13(14)17/h3-8,18H,9,17H2,1-2H3. The first-order valence-electron chi connectivity index (χ1n) is 6.14. The number of hydrogen-bond donors (Lipinski definition) is 2. The van der Waals surface area contributed by atoms with Crippen molar-refractivity contribution in [1.29, 1.82) is 0 Å². The lowest BCUT2D eigenvalue weighted by Gasteiger charge is -2.13. The van der Waals surface area contributed by atoms with E-state index in [2.05, 4.69) is 27.9 Å². The Morgan fingerprint density at radius 2 is 1.90 bits per heavy atom. The molecule has 0 radical (unpaired) electrons. The van der Waals surface area contributed by atoms with Gasteiger partial charge in [-0.05, 0) is 52.9 Å². The number of anilines is 2. The normalized spacial score (nSPS) is 10.2. The van der Waals surface area contributed by atoms with Crippen LogP contribution in [0.2, 0.25) is 0 Å². The van der Waals surface area contributed by atoms with E-state index in [1.54, 1.807) is 14.2 Å². The molecule has 2 aromatic carbocycles. The molecular weight excluding hydrogens is 367 g/mol. The lowest BCUT2D eigenvalue weighted by molar-refractivity contribution is 0.391. The minimum Gasteiger partial charge on any atom is -0.497 e. The predicted molar refractivity (Wildman–Crippen MR) is 90.4 cm³/mol. The number of nitrogen functional groups attached to an aromatic ring is 1. The molecule has 0 aliphatic rings. The van der Waals surface area contributed by atoms with Crippen LogP contribution in [0.1, 0.15) is 5.56 Å². The Morgan fingerprint density at radius 1 is 1.10 bits per heavy atom. The number of methoxy groups -OCH3 is 2. The van der Waals surface area contributed by atoms with Gasteiger partial charge >= 0.3 is 0 Å². The molecule has 0 atom stereocenters. The van der Waals surface area contributed by atoms with E-state index in [4.69, 9.17) is 15.2 Å². The average Bonchev–Trinajstić information content (AvgIpc) is 2.46. The number of nitrogens with two attached hydrogens (primary N) is 1. The molecular formula is C15H17IN2O2. The van der Waals surface area contributed by atoms with Crippen molar-refractivity contribution in [2.45, 2.75) is 6.54 Å². The van der Waals surface area contributed by atoms with E-state index in [1.807, 2.05) is 36.4 Å². The minimum absolute atomic E-state index is 0.637. The molecule has 5 heteroatoms. The van der Waals surface area contributed by atoms with E-state index < -0.39 is 0 Å². The molecule has 0 aromatic heterocycles. The molecule has 0 saturated heterocycles. The highest BCUT2D eigenvalue weighted by molar-refractivity contribution is 14.1. The van der Waals surface area contributed by atoms with Crippen LogP contribution in [0, 0.1) is 3.57 Å². The lowest BCUT2D eigenvalue weighted by atomic mass is 10.1. The molecule has 4 nitrogen and oxygen atoms in total. The topological polar surface area (TPSA) is 56.5 Å². The Kier molecular flexibility index (Phi) is 4.94. The third-order valence-electron chi connectivity index (χ3n) is 2.98. The largest absolute Gasteiger partial charge is 0.497 e. The third kappa shape index (κ3) is 3.47. The van der Waals surface area contributed by atoms with Crippen molar-refractivity contribution in [1.82, 2.24) is 0 Å². The highest BCUT2D eigenvalue weighted by atomic mass is 127. The maximum atomic E-state index is 5.98. The fraction of sp³-hybridized carbons (Fsp3) is 0.200. The first-order chi connectivity index (χ1) is 9.63. The Labute approximate surface area is 132 Å². The van der Waals surface area contributed by atoms with Gasteiger partial charge in [-0.3, -0.25) is 0 Å². The molecule has 106 valence electrons. The van der Waals surface area contributed by atoms with E-state index in [-0.39, 0.29) is 0 Å². The molecule has 0 bridgehead atoms. The zero-order valence-electron chi connectivity index (χ0n) is 11.4. The molecule has 0 amide bonds. The van der Waals surface area contributed by atoms with E-state index in [1.165, 1.54) is 0 Å². The molecule has 0 aliphatic heterocycles. The Balaban J connectivity index is 2.14. The van der Waals surface area contributed by atoms with Crippen molar-refractivity contribution in [3.63, 3.8) is 0 Å². The molecule has 0 fully saturated rings. The van der Waals surface area contributed by atoms with Crippen LogP contribution >= 0.6 is 22.6 Å². The van der Waals surface area contributed by atoms with E-state index in [0.717, 1.165) is 32.0 Å². The molecule has 3 N–H and O–H groups in total. The van der Waals surface area contributed by atoms with Gasteiger partial charge in [0.15, 0.2) is 0 Å². The summed E-state index contributed by atoms with van der Waals surface area (Å²) in [7, 11) is 3.29. The summed E-state index contributed by atoms with van der Waals surface area (Å²) in [5, 5.41) is 3.32. The van der Waals surface area contributed by atoms with Crippen LogP contribution in [0.5, 0.6) is 11.5 Å². The van der Waals surface area contributed by atoms with Gasteiger partial charge in [0.2, 0.25) is 0 Å². The molecule has 2 rings (SSSR count). The summed E-state index contributed by atoms with van der Waals surface area (Å²) in [5.41, 5.74) is 8.69. The Hall–Kier alpha value is -1.63. The summed E-state index contributed by atoms with van der Waals surface area (Å²) < 4.78 is 11.7. The average molecular weight is 384 g/mol. The van der Waals surface area contributed by atoms with Crippen LogP contribution in [0.15, 0.2) is 36.4 Å². The van der Waals surface area contributed by atoms with E-state index in [0.29, 0.717) is 6.54 Å². The van der Waals surface area contributed by atoms with Crippen molar-refractivity contribution in [3.05, 3.63) is 45.5 Å². The van der Waals surface area contributed by atoms with Gasteiger partial charge in [0.05, 0.1) is 25.6 Å². The number of ether oxygens (including phenoxy) is 2. The minimum atomic E-state index is 0.637. The first kappa shape index (κ1) is 14.8. The fourth-order valence-electron chi connectivity index (χ4n) is 1.88. The van der Waals surface area contributed by atoms with Gasteiger partial charge in [0.1, 0.15) is 11.5 Å². The molecule has 20 heavy (non-hydrogen) atoms. The number of benzene rings is 2. The number of halogens is 1. The maximum Gasteiger partial charge on any atom is 0.127 e. The van der Waals surface area contributed by atoms with Crippen LogP contribution in [0.25, 0.3) is 0 Å². The van der Waals surface area contributed by atoms with Gasteiger partial charge in [0, 0.05) is 21.7 Å². The van der Waals surface area contributed by atoms with E-state index >= 15 is 0 Å². The lowest BCUT2D eigenvalue weighted by Crippen LogP contribution is -2.04. The third-order valence-corrected chi connectivity index (χ3v) is 3.65. The molecule has 2 aromatic rings. The number of rotatable bonds is 5. The van der Waals surface area contributed by atoms with Crippen molar-refractivity contribution in [3.8, 4) is 11.5 Å². The van der Waals surface area contributed by atoms with Crippen molar-refractivity contribution < 1.29 is 9.47 Å².